The van der Waals surface area contributed by atoms with E-state index in [1.807, 2.05) is 12.1 Å². The zero-order valence-corrected chi connectivity index (χ0v) is 12.8. The van der Waals surface area contributed by atoms with Crippen molar-refractivity contribution < 1.29 is 4.39 Å². The van der Waals surface area contributed by atoms with Crippen molar-refractivity contribution in [3.8, 4) is 0 Å². The highest BCUT2D eigenvalue weighted by atomic mass is 19.1. The van der Waals surface area contributed by atoms with E-state index < -0.39 is 0 Å². The van der Waals surface area contributed by atoms with Gasteiger partial charge in [0, 0.05) is 18.6 Å². The largest absolute Gasteiger partial charge is 0.308 e. The number of likely N-dealkylation sites (N-methyl/N-ethyl adjacent to an activating group) is 1. The van der Waals surface area contributed by atoms with Crippen LogP contribution in [0.3, 0.4) is 0 Å². The van der Waals surface area contributed by atoms with Crippen LogP contribution in [0.25, 0.3) is 0 Å². The molecular weight excluding hydrogens is 239 g/mol. The van der Waals surface area contributed by atoms with Crippen LogP contribution in [0.1, 0.15) is 38.8 Å². The zero-order valence-electron chi connectivity index (χ0n) is 12.8. The van der Waals surface area contributed by atoms with Gasteiger partial charge >= 0.3 is 0 Å². The summed E-state index contributed by atoms with van der Waals surface area (Å²) in [4.78, 5) is 2.21. The molecule has 0 aliphatic rings. The molecule has 0 aliphatic heterocycles. The summed E-state index contributed by atoms with van der Waals surface area (Å²) in [6.45, 7) is 7.64. The monoisotopic (exact) mass is 266 g/mol. The minimum Gasteiger partial charge on any atom is -0.308 e. The standard InChI is InChI=1S/C16H27FN2/c1-12(2)10-16(11-19(4)5)18-13(3)14-6-8-15(17)9-7-14/h6-9,12-13,16,18H,10-11H2,1-5H3. The van der Waals surface area contributed by atoms with Gasteiger partial charge in [-0.2, -0.15) is 0 Å². The Balaban J connectivity index is 2.63. The molecule has 0 bridgehead atoms. The van der Waals surface area contributed by atoms with Crippen LogP contribution in [-0.4, -0.2) is 31.6 Å². The van der Waals surface area contributed by atoms with Gasteiger partial charge in [-0.1, -0.05) is 26.0 Å². The van der Waals surface area contributed by atoms with Crippen molar-refractivity contribution in [2.45, 2.75) is 39.3 Å². The van der Waals surface area contributed by atoms with Crippen LogP contribution >= 0.6 is 0 Å². The first-order chi connectivity index (χ1) is 8.88. The summed E-state index contributed by atoms with van der Waals surface area (Å²) >= 11 is 0. The van der Waals surface area contributed by atoms with E-state index in [1.54, 1.807) is 0 Å². The first-order valence-electron chi connectivity index (χ1n) is 7.04. The quantitative estimate of drug-likeness (QED) is 0.813. The number of hydrogen-bond acceptors (Lipinski definition) is 2. The Morgan fingerprint density at radius 1 is 1.11 bits per heavy atom. The Morgan fingerprint density at radius 3 is 2.16 bits per heavy atom. The summed E-state index contributed by atoms with van der Waals surface area (Å²) in [5.74, 6) is 0.487. The van der Waals surface area contributed by atoms with Gasteiger partial charge in [-0.05, 0) is 51.1 Å². The second-order valence-electron chi connectivity index (χ2n) is 6.03. The Hall–Kier alpha value is -0.930. The van der Waals surface area contributed by atoms with Gasteiger partial charge in [0.15, 0.2) is 0 Å². The molecule has 1 aromatic rings. The third kappa shape index (κ3) is 6.17. The normalized spacial score (nSPS) is 14.9. The van der Waals surface area contributed by atoms with Gasteiger partial charge in [0.25, 0.3) is 0 Å². The van der Waals surface area contributed by atoms with E-state index in [0.29, 0.717) is 12.0 Å². The summed E-state index contributed by atoms with van der Waals surface area (Å²) in [5.41, 5.74) is 1.13. The van der Waals surface area contributed by atoms with Crippen LogP contribution in [0.15, 0.2) is 24.3 Å². The van der Waals surface area contributed by atoms with Gasteiger partial charge in [-0.15, -0.1) is 0 Å². The average Bonchev–Trinajstić information content (AvgIpc) is 2.27. The minimum absolute atomic E-state index is 0.178. The summed E-state index contributed by atoms with van der Waals surface area (Å²) in [6, 6.07) is 7.46. The van der Waals surface area contributed by atoms with Gasteiger partial charge in [0.05, 0.1) is 0 Å². The summed E-state index contributed by atoms with van der Waals surface area (Å²) in [6.07, 6.45) is 1.14. The van der Waals surface area contributed by atoms with E-state index in [1.165, 1.54) is 12.1 Å². The van der Waals surface area contributed by atoms with E-state index >= 15 is 0 Å². The van der Waals surface area contributed by atoms with Gasteiger partial charge in [-0.25, -0.2) is 4.39 Å². The molecule has 1 aromatic carbocycles. The van der Waals surface area contributed by atoms with Crippen LogP contribution in [0.4, 0.5) is 4.39 Å². The molecule has 0 spiro atoms. The summed E-state index contributed by atoms with van der Waals surface area (Å²) in [5, 5.41) is 3.65. The molecule has 19 heavy (non-hydrogen) atoms. The number of halogens is 1. The van der Waals surface area contributed by atoms with Crippen LogP contribution in [0.5, 0.6) is 0 Å². The molecule has 2 unspecified atom stereocenters. The number of benzene rings is 1. The SMILES string of the molecule is CC(C)CC(CN(C)C)NC(C)c1ccc(F)cc1. The molecule has 0 heterocycles. The smallest absolute Gasteiger partial charge is 0.123 e. The van der Waals surface area contributed by atoms with E-state index in [4.69, 9.17) is 0 Å². The predicted molar refractivity (Wildman–Crippen MR) is 79.7 cm³/mol. The van der Waals surface area contributed by atoms with Gasteiger partial charge in [-0.3, -0.25) is 0 Å². The Kier molecular flexibility index (Phi) is 6.46. The van der Waals surface area contributed by atoms with Crippen molar-refractivity contribution in [1.82, 2.24) is 10.2 Å². The molecule has 0 amide bonds. The molecule has 0 aliphatic carbocycles. The van der Waals surface area contributed by atoms with Crippen molar-refractivity contribution in [2.75, 3.05) is 20.6 Å². The van der Waals surface area contributed by atoms with Crippen LogP contribution in [-0.2, 0) is 0 Å². The second kappa shape index (κ2) is 7.61. The van der Waals surface area contributed by atoms with Crippen molar-refractivity contribution in [3.05, 3.63) is 35.6 Å². The lowest BCUT2D eigenvalue weighted by atomic mass is 10.0. The molecular formula is C16H27FN2. The average molecular weight is 266 g/mol. The van der Waals surface area contributed by atoms with E-state index in [9.17, 15) is 4.39 Å². The highest BCUT2D eigenvalue weighted by Crippen LogP contribution is 2.16. The number of nitrogens with one attached hydrogen (secondary N) is 1. The Bertz CT molecular complexity index is 350. The lowest BCUT2D eigenvalue weighted by molar-refractivity contribution is 0.291. The molecule has 108 valence electrons. The van der Waals surface area contributed by atoms with Gasteiger partial charge in [0.2, 0.25) is 0 Å². The Morgan fingerprint density at radius 2 is 1.68 bits per heavy atom. The summed E-state index contributed by atoms with van der Waals surface area (Å²) in [7, 11) is 4.19. The third-order valence-electron chi connectivity index (χ3n) is 3.20. The van der Waals surface area contributed by atoms with E-state index in [0.717, 1.165) is 18.5 Å². The van der Waals surface area contributed by atoms with Gasteiger partial charge < -0.3 is 10.2 Å². The first-order valence-corrected chi connectivity index (χ1v) is 7.04. The summed E-state index contributed by atoms with van der Waals surface area (Å²) < 4.78 is 12.9. The van der Waals surface area contributed by atoms with Crippen molar-refractivity contribution in [3.63, 3.8) is 0 Å². The first kappa shape index (κ1) is 16.1. The molecule has 1 rings (SSSR count). The fourth-order valence-corrected chi connectivity index (χ4v) is 2.41. The lowest BCUT2D eigenvalue weighted by Gasteiger charge is -2.27. The Labute approximate surface area is 117 Å². The molecule has 2 nitrogen and oxygen atoms in total. The highest BCUT2D eigenvalue weighted by molar-refractivity contribution is 5.19. The molecule has 1 N–H and O–H groups in total. The van der Waals surface area contributed by atoms with E-state index in [-0.39, 0.29) is 11.9 Å². The number of rotatable bonds is 7. The number of nitrogens with zero attached hydrogens (tertiary/aromatic N) is 1. The van der Waals surface area contributed by atoms with Crippen molar-refractivity contribution in [1.29, 1.82) is 0 Å². The molecule has 0 aromatic heterocycles. The number of hydrogen-bond donors (Lipinski definition) is 1. The molecule has 0 saturated carbocycles. The topological polar surface area (TPSA) is 15.3 Å². The fourth-order valence-electron chi connectivity index (χ4n) is 2.41. The maximum Gasteiger partial charge on any atom is 0.123 e. The maximum atomic E-state index is 12.9. The zero-order chi connectivity index (χ0) is 14.4. The third-order valence-corrected chi connectivity index (χ3v) is 3.20. The fraction of sp³-hybridized carbons (Fsp3) is 0.625. The molecule has 0 radical (unpaired) electrons. The lowest BCUT2D eigenvalue weighted by Crippen LogP contribution is -2.40. The van der Waals surface area contributed by atoms with Crippen molar-refractivity contribution >= 4 is 0 Å². The minimum atomic E-state index is -0.178. The molecule has 0 fully saturated rings. The van der Waals surface area contributed by atoms with Gasteiger partial charge in [0.1, 0.15) is 5.82 Å². The van der Waals surface area contributed by atoms with Crippen LogP contribution in [0.2, 0.25) is 0 Å². The second-order valence-corrected chi connectivity index (χ2v) is 6.03. The highest BCUT2D eigenvalue weighted by Gasteiger charge is 2.15. The molecule has 2 atom stereocenters. The van der Waals surface area contributed by atoms with Crippen LogP contribution in [0, 0.1) is 11.7 Å². The molecule has 3 heteroatoms. The van der Waals surface area contributed by atoms with E-state index in [2.05, 4.69) is 45.1 Å². The maximum absolute atomic E-state index is 12.9. The molecule has 0 saturated heterocycles. The van der Waals surface area contributed by atoms with Crippen molar-refractivity contribution in [2.24, 2.45) is 5.92 Å². The predicted octanol–water partition coefficient (Wildman–Crippen LogP) is 3.45. The van der Waals surface area contributed by atoms with Crippen LogP contribution < -0.4 is 5.32 Å².